The highest BCUT2D eigenvalue weighted by Gasteiger charge is 2.42. The molecule has 17 rings (SSSR count). The van der Waals surface area contributed by atoms with Crippen LogP contribution in [-0.2, 0) is 0 Å². The fraction of sp³-hybridized carbons (Fsp3) is 0.0250. The largest absolute Gasteiger partial charge is 0.332 e. The maximum atomic E-state index is 5.20. The smallest absolute Gasteiger partial charge is 0.137 e. The van der Waals surface area contributed by atoms with E-state index < -0.39 is 0 Å². The molecule has 5 aromatic heterocycles. The van der Waals surface area contributed by atoms with Crippen molar-refractivity contribution < 1.29 is 0 Å². The average molecular weight is 1100 g/mol. The molecule has 86 heavy (non-hydrogen) atoms. The van der Waals surface area contributed by atoms with Crippen LogP contribution in [0.25, 0.3) is 117 Å². The van der Waals surface area contributed by atoms with E-state index in [9.17, 15) is 0 Å². The Morgan fingerprint density at radius 2 is 0.709 bits per heavy atom. The van der Waals surface area contributed by atoms with Crippen molar-refractivity contribution in [2.45, 2.75) is 12.0 Å². The summed E-state index contributed by atoms with van der Waals surface area (Å²) in [6.07, 6.45) is 4.24. The number of aromatic nitrogens is 5. The minimum absolute atomic E-state index is 0.0331. The van der Waals surface area contributed by atoms with Gasteiger partial charge in [0.2, 0.25) is 0 Å². The lowest BCUT2D eigenvalue weighted by molar-refractivity contribution is 0.658. The Morgan fingerprint density at radius 3 is 1.27 bits per heavy atom. The maximum absolute atomic E-state index is 5.20. The Hall–Kier alpha value is -11.3. The van der Waals surface area contributed by atoms with Gasteiger partial charge in [-0.2, -0.15) is 0 Å². The molecule has 0 saturated carbocycles. The van der Waals surface area contributed by atoms with E-state index in [1.807, 2.05) is 0 Å². The molecule has 0 saturated heterocycles. The van der Waals surface area contributed by atoms with E-state index in [1.54, 1.807) is 0 Å². The molecule has 6 heterocycles. The van der Waals surface area contributed by atoms with E-state index in [0.717, 1.165) is 84.5 Å². The van der Waals surface area contributed by atoms with Gasteiger partial charge in [0.05, 0.1) is 45.7 Å². The zero-order valence-corrected chi connectivity index (χ0v) is 46.9. The van der Waals surface area contributed by atoms with Gasteiger partial charge in [-0.1, -0.05) is 255 Å². The quantitative estimate of drug-likeness (QED) is 0.128. The SMILES string of the molecule is c1ccc(-c2nc3ccccn3c2-c2ccc(N3c4c(ccc5c4ccc4c5ccc5c(-c6ccccc6)c(-c6ccccc6)n(-c6ccc(-c7c(-c8ccccc8)nc8ccccn78)cc6)c54)C(c4ccccc4)C3c3ccccc3)cc2)cc1. The lowest BCUT2D eigenvalue weighted by Gasteiger charge is -2.32. The van der Waals surface area contributed by atoms with Crippen LogP contribution in [0.1, 0.15) is 28.7 Å². The highest BCUT2D eigenvalue weighted by atomic mass is 15.2. The van der Waals surface area contributed by atoms with Gasteiger partial charge < -0.3 is 9.47 Å². The molecule has 1 aliphatic heterocycles. The Labute approximate surface area is 498 Å². The molecular weight excluding hydrogens is 1040 g/mol. The van der Waals surface area contributed by atoms with Crippen LogP contribution in [-0.4, -0.2) is 23.3 Å². The topological polar surface area (TPSA) is 42.8 Å². The van der Waals surface area contributed by atoms with Gasteiger partial charge >= 0.3 is 0 Å². The first-order chi connectivity index (χ1) is 42.7. The highest BCUT2D eigenvalue weighted by Crippen LogP contribution is 2.58. The number of pyridine rings is 2. The van der Waals surface area contributed by atoms with Crippen molar-refractivity contribution in [3.63, 3.8) is 0 Å². The lowest BCUT2D eigenvalue weighted by Crippen LogP contribution is -2.23. The van der Waals surface area contributed by atoms with E-state index in [0.29, 0.717) is 0 Å². The Balaban J connectivity index is 0.898. The van der Waals surface area contributed by atoms with Crippen LogP contribution in [0.3, 0.4) is 0 Å². The monoisotopic (exact) mass is 1100 g/mol. The van der Waals surface area contributed by atoms with Crippen LogP contribution in [0.4, 0.5) is 11.4 Å². The van der Waals surface area contributed by atoms with Gasteiger partial charge in [-0.25, -0.2) is 9.97 Å². The van der Waals surface area contributed by atoms with Crippen LogP contribution in [0.2, 0.25) is 0 Å². The van der Waals surface area contributed by atoms with E-state index in [1.165, 1.54) is 60.4 Å². The summed E-state index contributed by atoms with van der Waals surface area (Å²) in [5, 5.41) is 5.98. The number of hydrogen-bond acceptors (Lipinski definition) is 3. The zero-order chi connectivity index (χ0) is 56.7. The summed E-state index contributed by atoms with van der Waals surface area (Å²) in [4.78, 5) is 13.0. The first kappa shape index (κ1) is 49.3. The standard InChI is InChI=1S/C80H54N6/c1-7-23-53(24-8-1)71-67-49-45-63-64-46-50-68-72(54-25-9-2-10-26-54)76(58-33-17-6-18-34-58)86(62-43-39-60(40-44-62)78-74(56-29-13-4-14-30-56)82-70-36-20-22-52-84(70)78)80(68)66(64)48-47-65(63)79(67)85(75(71)57-31-15-5-16-32-57)61-41-37-59(38-42-61)77-73(55-27-11-3-12-28-55)81-69-35-19-21-51-83(69)77/h1-52,71,75H. The van der Waals surface area contributed by atoms with Crippen molar-refractivity contribution in [2.24, 2.45) is 0 Å². The number of imidazole rings is 2. The van der Waals surface area contributed by atoms with E-state index in [4.69, 9.17) is 9.97 Å². The third kappa shape index (κ3) is 7.88. The molecule has 2 unspecified atom stereocenters. The molecule has 0 aliphatic carbocycles. The second-order valence-electron chi connectivity index (χ2n) is 22.4. The van der Waals surface area contributed by atoms with E-state index in [-0.39, 0.29) is 12.0 Å². The van der Waals surface area contributed by atoms with Gasteiger partial charge in [0.1, 0.15) is 11.3 Å². The molecule has 404 valence electrons. The fourth-order valence-electron chi connectivity index (χ4n) is 14.0. The minimum Gasteiger partial charge on any atom is -0.332 e. The summed E-state index contributed by atoms with van der Waals surface area (Å²) in [7, 11) is 0. The normalized spacial score (nSPS) is 14.0. The van der Waals surface area contributed by atoms with Crippen molar-refractivity contribution in [1.29, 1.82) is 0 Å². The maximum Gasteiger partial charge on any atom is 0.137 e. The Morgan fingerprint density at radius 1 is 0.291 bits per heavy atom. The lowest BCUT2D eigenvalue weighted by atomic mass is 9.83. The molecule has 2 atom stereocenters. The molecule has 0 spiro atoms. The number of anilines is 2. The fourth-order valence-corrected chi connectivity index (χ4v) is 14.0. The summed E-state index contributed by atoms with van der Waals surface area (Å²) in [5.41, 5.74) is 23.3. The van der Waals surface area contributed by atoms with Crippen LogP contribution in [0.15, 0.2) is 316 Å². The van der Waals surface area contributed by atoms with Crippen LogP contribution >= 0.6 is 0 Å². The van der Waals surface area contributed by atoms with Crippen molar-refractivity contribution in [2.75, 3.05) is 4.90 Å². The molecule has 16 aromatic rings. The van der Waals surface area contributed by atoms with Gasteiger partial charge in [-0.05, 0) is 87.1 Å². The molecular formula is C80H54N6. The first-order valence-electron chi connectivity index (χ1n) is 29.5. The molecule has 6 heteroatoms. The van der Waals surface area contributed by atoms with Gasteiger partial charge in [-0.15, -0.1) is 0 Å². The number of benzene rings is 11. The van der Waals surface area contributed by atoms with Gasteiger partial charge in [0.15, 0.2) is 0 Å². The third-order valence-corrected chi connectivity index (χ3v) is 17.7. The van der Waals surface area contributed by atoms with E-state index >= 15 is 0 Å². The summed E-state index contributed by atoms with van der Waals surface area (Å²) in [6, 6.07) is 110. The number of fused-ring (bicyclic) bond motifs is 9. The molecule has 0 bridgehead atoms. The van der Waals surface area contributed by atoms with Gasteiger partial charge in [0, 0.05) is 73.7 Å². The van der Waals surface area contributed by atoms with Gasteiger partial charge in [0.25, 0.3) is 0 Å². The van der Waals surface area contributed by atoms with Gasteiger partial charge in [-0.3, -0.25) is 8.80 Å². The average Bonchev–Trinajstić information content (AvgIpc) is 1.61. The number of nitrogens with zero attached hydrogens (tertiary/aromatic N) is 6. The van der Waals surface area contributed by atoms with E-state index in [2.05, 4.69) is 334 Å². The van der Waals surface area contributed by atoms with Crippen LogP contribution < -0.4 is 4.90 Å². The molecule has 6 nitrogen and oxygen atoms in total. The molecule has 0 fully saturated rings. The Bertz CT molecular complexity index is 5190. The summed E-state index contributed by atoms with van der Waals surface area (Å²) in [5.74, 6) is 0.0331. The first-order valence-corrected chi connectivity index (χ1v) is 29.5. The number of hydrogen-bond donors (Lipinski definition) is 0. The predicted molar refractivity (Wildman–Crippen MR) is 354 cm³/mol. The molecule has 0 N–H and O–H groups in total. The van der Waals surface area contributed by atoms with Crippen LogP contribution in [0, 0.1) is 0 Å². The summed E-state index contributed by atoms with van der Waals surface area (Å²) >= 11 is 0. The van der Waals surface area contributed by atoms with Crippen molar-refractivity contribution in [3.05, 3.63) is 332 Å². The Kier molecular flexibility index (Phi) is 11.6. The van der Waals surface area contributed by atoms with Crippen molar-refractivity contribution in [3.8, 4) is 73.1 Å². The zero-order valence-electron chi connectivity index (χ0n) is 46.9. The third-order valence-electron chi connectivity index (χ3n) is 17.7. The number of rotatable bonds is 10. The highest BCUT2D eigenvalue weighted by molar-refractivity contribution is 6.23. The van der Waals surface area contributed by atoms with Crippen molar-refractivity contribution in [1.82, 2.24) is 23.3 Å². The second-order valence-corrected chi connectivity index (χ2v) is 22.4. The molecule has 11 aromatic carbocycles. The molecule has 0 amide bonds. The van der Waals surface area contributed by atoms with Crippen molar-refractivity contribution >= 4 is 55.1 Å². The van der Waals surface area contributed by atoms with Crippen LogP contribution in [0.5, 0.6) is 0 Å². The predicted octanol–water partition coefficient (Wildman–Crippen LogP) is 20.3. The minimum atomic E-state index is -0.0507. The molecule has 0 radical (unpaired) electrons. The second kappa shape index (κ2) is 20.2. The molecule has 1 aliphatic rings. The summed E-state index contributed by atoms with van der Waals surface area (Å²) < 4.78 is 6.96. The summed E-state index contributed by atoms with van der Waals surface area (Å²) in [6.45, 7) is 0.